The molecule has 10 heteroatoms. The Bertz CT molecular complexity index is 1360. The quantitative estimate of drug-likeness (QED) is 0.258. The molecule has 4 rings (SSSR count). The molecule has 1 aliphatic rings. The number of nitrogens with zero attached hydrogens (tertiary/aromatic N) is 2. The van der Waals surface area contributed by atoms with Crippen LogP contribution in [0.2, 0.25) is 0 Å². The van der Waals surface area contributed by atoms with Gasteiger partial charge in [0.15, 0.2) is 0 Å². The van der Waals surface area contributed by atoms with Crippen LogP contribution in [-0.2, 0) is 32.0 Å². The van der Waals surface area contributed by atoms with Gasteiger partial charge in [0.05, 0.1) is 34.5 Å². The normalized spacial score (nSPS) is 16.0. The van der Waals surface area contributed by atoms with Crippen LogP contribution in [0.3, 0.4) is 0 Å². The van der Waals surface area contributed by atoms with E-state index in [4.69, 9.17) is 9.72 Å². The molecule has 0 radical (unpaired) electrons. The number of hydrogen-bond acceptors (Lipinski definition) is 7. The van der Waals surface area contributed by atoms with Gasteiger partial charge < -0.3 is 20.7 Å². The molecule has 1 aliphatic heterocycles. The molecule has 9 nitrogen and oxygen atoms in total. The molecule has 1 aromatic heterocycles. The largest absolute Gasteiger partial charge is 0.379 e. The van der Waals surface area contributed by atoms with E-state index < -0.39 is 6.04 Å². The summed E-state index contributed by atoms with van der Waals surface area (Å²) in [6.45, 7) is 12.0. The summed E-state index contributed by atoms with van der Waals surface area (Å²) >= 11 is 1.55. The Morgan fingerprint density at radius 3 is 2.42 bits per heavy atom. The van der Waals surface area contributed by atoms with E-state index in [2.05, 4.69) is 46.8 Å². The van der Waals surface area contributed by atoms with Gasteiger partial charge in [0.25, 0.3) is 0 Å². The first-order valence-electron chi connectivity index (χ1n) is 15.3. The second-order valence-electron chi connectivity index (χ2n) is 11.6. The maximum atomic E-state index is 13.7. The van der Waals surface area contributed by atoms with Gasteiger partial charge in [0, 0.05) is 44.9 Å². The number of fused-ring (bicyclic) bond motifs is 1. The van der Waals surface area contributed by atoms with Gasteiger partial charge in [-0.1, -0.05) is 64.1 Å². The third-order valence-electron chi connectivity index (χ3n) is 7.75. The molecule has 232 valence electrons. The molecule has 2 heterocycles. The molecule has 0 bridgehead atoms. The van der Waals surface area contributed by atoms with Crippen molar-refractivity contribution in [2.24, 2.45) is 5.92 Å². The van der Waals surface area contributed by atoms with Crippen molar-refractivity contribution >= 4 is 39.3 Å². The number of aromatic nitrogens is 1. The summed E-state index contributed by atoms with van der Waals surface area (Å²) in [5.74, 6) is -0.335. The topological polar surface area (TPSA) is 113 Å². The molecular weight excluding hydrogens is 562 g/mol. The molecule has 3 atom stereocenters. The third kappa shape index (κ3) is 9.84. The number of morpholine rings is 1. The van der Waals surface area contributed by atoms with Gasteiger partial charge in [-0.15, -0.1) is 11.3 Å². The van der Waals surface area contributed by atoms with Crippen molar-refractivity contribution in [3.63, 3.8) is 0 Å². The van der Waals surface area contributed by atoms with Gasteiger partial charge in [-0.05, 0) is 35.6 Å². The highest BCUT2D eigenvalue weighted by atomic mass is 32.1. The minimum atomic E-state index is -0.785. The number of rotatable bonds is 14. The zero-order valence-corrected chi connectivity index (χ0v) is 26.5. The molecule has 3 amide bonds. The summed E-state index contributed by atoms with van der Waals surface area (Å²) in [5, 5.41) is 9.88. The number of carbonyl (C=O) groups excluding carboxylic acids is 3. The van der Waals surface area contributed by atoms with Gasteiger partial charge in [0.2, 0.25) is 17.7 Å². The molecular formula is C33H45N5O4S. The smallest absolute Gasteiger partial charge is 0.243 e. The van der Waals surface area contributed by atoms with E-state index in [0.717, 1.165) is 33.9 Å². The van der Waals surface area contributed by atoms with E-state index in [9.17, 15) is 14.4 Å². The van der Waals surface area contributed by atoms with Crippen LogP contribution in [0.25, 0.3) is 10.2 Å². The monoisotopic (exact) mass is 607 g/mol. The van der Waals surface area contributed by atoms with Gasteiger partial charge in [0.1, 0.15) is 6.04 Å². The van der Waals surface area contributed by atoms with Crippen LogP contribution in [0.5, 0.6) is 0 Å². The lowest BCUT2D eigenvalue weighted by atomic mass is 10.0. The van der Waals surface area contributed by atoms with Crippen molar-refractivity contribution in [2.75, 3.05) is 39.4 Å². The van der Waals surface area contributed by atoms with Crippen LogP contribution >= 0.6 is 11.3 Å². The van der Waals surface area contributed by atoms with Gasteiger partial charge >= 0.3 is 0 Å². The molecule has 43 heavy (non-hydrogen) atoms. The lowest BCUT2D eigenvalue weighted by Crippen LogP contribution is -2.54. The Balaban J connectivity index is 1.45. The van der Waals surface area contributed by atoms with E-state index in [1.54, 1.807) is 18.3 Å². The van der Waals surface area contributed by atoms with Crippen molar-refractivity contribution in [2.45, 2.75) is 65.0 Å². The van der Waals surface area contributed by atoms with Gasteiger partial charge in [-0.2, -0.15) is 0 Å². The standard InChI is InChI=1S/C33H45N5O4S/c1-5-30(39)36-28(19-31-37-27-12-11-25(22(2)3)18-29(27)43-31)33(41)35-26(17-24-9-7-6-8-10-24)20-34-32(40)23(4)21-38-13-15-42-16-14-38/h6-12,18,22-23,26,28H,5,13-17,19-21H2,1-4H3,(H,34,40)(H,35,41)(H,36,39)/t23?,26-,28-/m0/s1. The van der Waals surface area contributed by atoms with Crippen molar-refractivity contribution in [1.29, 1.82) is 0 Å². The van der Waals surface area contributed by atoms with Gasteiger partial charge in [-0.3, -0.25) is 19.3 Å². The van der Waals surface area contributed by atoms with Gasteiger partial charge in [-0.25, -0.2) is 4.98 Å². The number of amides is 3. The minimum absolute atomic E-state index is 0.0510. The fourth-order valence-electron chi connectivity index (χ4n) is 5.14. The molecule has 1 fully saturated rings. The number of hydrogen-bond donors (Lipinski definition) is 3. The summed E-state index contributed by atoms with van der Waals surface area (Å²) in [7, 11) is 0. The van der Waals surface area contributed by atoms with E-state index in [1.807, 2.05) is 43.3 Å². The molecule has 0 saturated carbocycles. The maximum Gasteiger partial charge on any atom is 0.243 e. The Labute approximate surface area is 258 Å². The average molecular weight is 608 g/mol. The molecule has 0 spiro atoms. The molecule has 3 aromatic rings. The van der Waals surface area contributed by atoms with Crippen molar-refractivity contribution in [3.05, 3.63) is 64.7 Å². The summed E-state index contributed by atoms with van der Waals surface area (Å²) in [6.07, 6.45) is 1.10. The summed E-state index contributed by atoms with van der Waals surface area (Å²) in [5.41, 5.74) is 3.17. The Hall–Kier alpha value is -3.34. The highest BCUT2D eigenvalue weighted by Crippen LogP contribution is 2.27. The second-order valence-corrected chi connectivity index (χ2v) is 12.7. The number of nitrogens with one attached hydrogen (secondary N) is 3. The van der Waals surface area contributed by atoms with Crippen LogP contribution in [-0.4, -0.2) is 79.1 Å². The fraction of sp³-hybridized carbons (Fsp3) is 0.515. The van der Waals surface area contributed by atoms with Crippen molar-refractivity contribution in [3.8, 4) is 0 Å². The second kappa shape index (κ2) is 15.9. The highest BCUT2D eigenvalue weighted by Gasteiger charge is 2.26. The summed E-state index contributed by atoms with van der Waals surface area (Å²) < 4.78 is 6.49. The first-order chi connectivity index (χ1) is 20.7. The highest BCUT2D eigenvalue weighted by molar-refractivity contribution is 7.18. The fourth-order valence-corrected chi connectivity index (χ4v) is 6.20. The molecule has 1 saturated heterocycles. The molecule has 2 aromatic carbocycles. The van der Waals surface area contributed by atoms with Crippen molar-refractivity contribution in [1.82, 2.24) is 25.8 Å². The Morgan fingerprint density at radius 2 is 1.72 bits per heavy atom. The molecule has 1 unspecified atom stereocenters. The SMILES string of the molecule is CCC(=O)N[C@@H](Cc1nc2ccc(C(C)C)cc2s1)C(=O)N[C@H](CNC(=O)C(C)CN1CCOCC1)Cc1ccccc1. The van der Waals surface area contributed by atoms with Crippen LogP contribution in [0.15, 0.2) is 48.5 Å². The molecule has 0 aliphatic carbocycles. The number of carbonyl (C=O) groups is 3. The maximum absolute atomic E-state index is 13.7. The van der Waals surface area contributed by atoms with Crippen LogP contribution < -0.4 is 16.0 Å². The predicted molar refractivity (Wildman–Crippen MR) is 171 cm³/mol. The van der Waals surface area contributed by atoms with E-state index in [1.165, 1.54) is 5.56 Å². The first kappa shape index (κ1) is 32.6. The van der Waals surface area contributed by atoms with Crippen LogP contribution in [0, 0.1) is 5.92 Å². The zero-order chi connectivity index (χ0) is 30.8. The van der Waals surface area contributed by atoms with Crippen molar-refractivity contribution < 1.29 is 19.1 Å². The lowest BCUT2D eigenvalue weighted by Gasteiger charge is -2.29. The van der Waals surface area contributed by atoms with E-state index in [-0.39, 0.29) is 49.1 Å². The number of ether oxygens (including phenoxy) is 1. The number of thiazole rings is 1. The average Bonchev–Trinajstić information content (AvgIpc) is 3.41. The Morgan fingerprint density at radius 1 is 0.977 bits per heavy atom. The summed E-state index contributed by atoms with van der Waals surface area (Å²) in [4.78, 5) is 46.2. The summed E-state index contributed by atoms with van der Waals surface area (Å²) in [6, 6.07) is 15.0. The number of benzene rings is 2. The van der Waals surface area contributed by atoms with E-state index in [0.29, 0.717) is 32.1 Å². The minimum Gasteiger partial charge on any atom is -0.379 e. The predicted octanol–water partition coefficient (Wildman–Crippen LogP) is 3.67. The zero-order valence-electron chi connectivity index (χ0n) is 25.7. The van der Waals surface area contributed by atoms with Crippen LogP contribution in [0.1, 0.15) is 56.2 Å². The van der Waals surface area contributed by atoms with E-state index >= 15 is 0 Å². The lowest BCUT2D eigenvalue weighted by molar-refractivity contribution is -0.129. The Kier molecular flexibility index (Phi) is 12.1. The van der Waals surface area contributed by atoms with Crippen LogP contribution in [0.4, 0.5) is 0 Å². The first-order valence-corrected chi connectivity index (χ1v) is 16.1. The molecule has 3 N–H and O–H groups in total. The third-order valence-corrected chi connectivity index (χ3v) is 8.79.